The summed E-state index contributed by atoms with van der Waals surface area (Å²) < 4.78 is 16.6. The van der Waals surface area contributed by atoms with E-state index in [9.17, 15) is 4.79 Å². The van der Waals surface area contributed by atoms with Crippen molar-refractivity contribution in [2.45, 2.75) is 43.6 Å². The normalized spacial score (nSPS) is 41.0. The zero-order valence-electron chi connectivity index (χ0n) is 10.1. The molecule has 1 saturated carbocycles. The monoisotopic (exact) mass is 241 g/mol. The molecule has 5 nitrogen and oxygen atoms in total. The Kier molecular flexibility index (Phi) is 3.06. The SMILES string of the molecule is COC1COC2C(NC(=O)C3CCC3)COC12. The van der Waals surface area contributed by atoms with Gasteiger partial charge in [0.2, 0.25) is 5.91 Å². The fourth-order valence-electron chi connectivity index (χ4n) is 2.76. The lowest BCUT2D eigenvalue weighted by atomic mass is 9.84. The van der Waals surface area contributed by atoms with E-state index in [0.29, 0.717) is 13.2 Å². The Morgan fingerprint density at radius 2 is 2.00 bits per heavy atom. The van der Waals surface area contributed by atoms with Gasteiger partial charge < -0.3 is 19.5 Å². The molecule has 0 bridgehead atoms. The molecule has 0 aromatic carbocycles. The van der Waals surface area contributed by atoms with Gasteiger partial charge >= 0.3 is 0 Å². The van der Waals surface area contributed by atoms with Gasteiger partial charge in [0.1, 0.15) is 18.3 Å². The first-order chi connectivity index (χ1) is 8.29. The molecule has 3 rings (SSSR count). The highest BCUT2D eigenvalue weighted by Crippen LogP contribution is 2.30. The molecule has 5 heteroatoms. The van der Waals surface area contributed by atoms with Gasteiger partial charge in [-0.05, 0) is 12.8 Å². The van der Waals surface area contributed by atoms with Crippen molar-refractivity contribution in [1.82, 2.24) is 5.32 Å². The molecular formula is C12H19NO4. The van der Waals surface area contributed by atoms with Crippen LogP contribution in [0.2, 0.25) is 0 Å². The van der Waals surface area contributed by atoms with E-state index in [1.165, 1.54) is 6.42 Å². The van der Waals surface area contributed by atoms with Crippen molar-refractivity contribution < 1.29 is 19.0 Å². The molecule has 96 valence electrons. The Morgan fingerprint density at radius 1 is 1.24 bits per heavy atom. The van der Waals surface area contributed by atoms with Gasteiger partial charge in [-0.25, -0.2) is 0 Å². The van der Waals surface area contributed by atoms with Crippen molar-refractivity contribution in [3.8, 4) is 0 Å². The van der Waals surface area contributed by atoms with E-state index >= 15 is 0 Å². The largest absolute Gasteiger partial charge is 0.376 e. The zero-order chi connectivity index (χ0) is 11.8. The second-order valence-electron chi connectivity index (χ2n) is 5.11. The Morgan fingerprint density at radius 3 is 2.65 bits per heavy atom. The Balaban J connectivity index is 1.56. The molecule has 0 aromatic rings. The Hall–Kier alpha value is -0.650. The molecule has 0 radical (unpaired) electrons. The summed E-state index contributed by atoms with van der Waals surface area (Å²) in [6.07, 6.45) is 3.17. The molecule has 2 aliphatic heterocycles. The van der Waals surface area contributed by atoms with Crippen LogP contribution in [0.1, 0.15) is 19.3 Å². The lowest BCUT2D eigenvalue weighted by molar-refractivity contribution is -0.128. The predicted molar refractivity (Wildman–Crippen MR) is 59.5 cm³/mol. The van der Waals surface area contributed by atoms with E-state index in [2.05, 4.69) is 5.32 Å². The highest BCUT2D eigenvalue weighted by molar-refractivity contribution is 5.79. The summed E-state index contributed by atoms with van der Waals surface area (Å²) >= 11 is 0. The molecule has 3 fully saturated rings. The first-order valence-corrected chi connectivity index (χ1v) is 6.36. The third-order valence-electron chi connectivity index (χ3n) is 4.11. The lowest BCUT2D eigenvalue weighted by Gasteiger charge is -2.27. The van der Waals surface area contributed by atoms with Crippen LogP contribution in [0.25, 0.3) is 0 Å². The third-order valence-corrected chi connectivity index (χ3v) is 4.11. The van der Waals surface area contributed by atoms with Crippen molar-refractivity contribution in [3.63, 3.8) is 0 Å². The van der Waals surface area contributed by atoms with Crippen LogP contribution in [0.3, 0.4) is 0 Å². The maximum absolute atomic E-state index is 11.9. The summed E-state index contributed by atoms with van der Waals surface area (Å²) in [5.74, 6) is 0.378. The van der Waals surface area contributed by atoms with E-state index < -0.39 is 0 Å². The van der Waals surface area contributed by atoms with Crippen LogP contribution in [0, 0.1) is 5.92 Å². The van der Waals surface area contributed by atoms with Gasteiger partial charge in [0.05, 0.1) is 19.3 Å². The van der Waals surface area contributed by atoms with E-state index in [1.54, 1.807) is 7.11 Å². The number of ether oxygens (including phenoxy) is 3. The number of rotatable bonds is 3. The molecule has 1 N–H and O–H groups in total. The van der Waals surface area contributed by atoms with Gasteiger partial charge in [0.15, 0.2) is 0 Å². The molecule has 2 saturated heterocycles. The van der Waals surface area contributed by atoms with Gasteiger partial charge in [-0.15, -0.1) is 0 Å². The maximum Gasteiger partial charge on any atom is 0.223 e. The quantitative estimate of drug-likeness (QED) is 0.760. The van der Waals surface area contributed by atoms with Crippen molar-refractivity contribution in [1.29, 1.82) is 0 Å². The summed E-state index contributed by atoms with van der Waals surface area (Å²) in [5.41, 5.74) is 0. The van der Waals surface area contributed by atoms with Crippen molar-refractivity contribution in [2.75, 3.05) is 20.3 Å². The highest BCUT2D eigenvalue weighted by atomic mass is 16.6. The standard InChI is InChI=1S/C12H19NO4/c1-15-9-6-17-10-8(5-16-11(9)10)13-12(14)7-3-2-4-7/h7-11H,2-6H2,1H3,(H,13,14). The van der Waals surface area contributed by atoms with Crippen molar-refractivity contribution in [2.24, 2.45) is 5.92 Å². The van der Waals surface area contributed by atoms with Crippen LogP contribution in [0.15, 0.2) is 0 Å². The lowest BCUT2D eigenvalue weighted by Crippen LogP contribution is -2.47. The summed E-state index contributed by atoms with van der Waals surface area (Å²) in [6, 6.07) is -0.00625. The van der Waals surface area contributed by atoms with Gasteiger partial charge in [-0.1, -0.05) is 6.42 Å². The molecule has 4 atom stereocenters. The molecule has 3 aliphatic rings. The van der Waals surface area contributed by atoms with Gasteiger partial charge in [0, 0.05) is 13.0 Å². The average molecular weight is 241 g/mol. The van der Waals surface area contributed by atoms with E-state index in [1.807, 2.05) is 0 Å². The molecule has 4 unspecified atom stereocenters. The van der Waals surface area contributed by atoms with E-state index in [-0.39, 0.29) is 36.2 Å². The highest BCUT2D eigenvalue weighted by Gasteiger charge is 2.48. The average Bonchev–Trinajstić information content (AvgIpc) is 2.78. The second-order valence-corrected chi connectivity index (χ2v) is 5.11. The number of carbonyl (C=O) groups excluding carboxylic acids is 1. The maximum atomic E-state index is 11.9. The Labute approximate surface area is 101 Å². The fraction of sp³-hybridized carbons (Fsp3) is 0.917. The number of nitrogens with one attached hydrogen (secondary N) is 1. The van der Waals surface area contributed by atoms with E-state index in [0.717, 1.165) is 12.8 Å². The van der Waals surface area contributed by atoms with Crippen LogP contribution >= 0.6 is 0 Å². The fourth-order valence-corrected chi connectivity index (χ4v) is 2.76. The number of hydrogen-bond donors (Lipinski definition) is 1. The van der Waals surface area contributed by atoms with Crippen LogP contribution in [0.4, 0.5) is 0 Å². The molecule has 0 spiro atoms. The van der Waals surface area contributed by atoms with E-state index in [4.69, 9.17) is 14.2 Å². The van der Waals surface area contributed by atoms with Crippen molar-refractivity contribution >= 4 is 5.91 Å². The molecule has 17 heavy (non-hydrogen) atoms. The van der Waals surface area contributed by atoms with Crippen LogP contribution in [0.5, 0.6) is 0 Å². The number of methoxy groups -OCH3 is 1. The Bertz CT molecular complexity index is 305. The van der Waals surface area contributed by atoms with Crippen LogP contribution in [-0.4, -0.2) is 50.6 Å². The summed E-state index contributed by atoms with van der Waals surface area (Å²) in [4.78, 5) is 11.9. The number of hydrogen-bond acceptors (Lipinski definition) is 4. The number of amides is 1. The predicted octanol–water partition coefficient (Wildman–Crippen LogP) is 0.0839. The first-order valence-electron chi connectivity index (χ1n) is 6.36. The minimum Gasteiger partial charge on any atom is -0.376 e. The third kappa shape index (κ3) is 1.96. The minimum absolute atomic E-state index is 0.00519. The summed E-state index contributed by atoms with van der Waals surface area (Å²) in [7, 11) is 1.67. The molecule has 2 heterocycles. The number of carbonyl (C=O) groups is 1. The van der Waals surface area contributed by atoms with Gasteiger partial charge in [-0.2, -0.15) is 0 Å². The van der Waals surface area contributed by atoms with Crippen LogP contribution < -0.4 is 5.32 Å². The molecular weight excluding hydrogens is 222 g/mol. The molecule has 0 aromatic heterocycles. The summed E-state index contributed by atoms with van der Waals surface area (Å²) in [6.45, 7) is 1.09. The second kappa shape index (κ2) is 4.55. The summed E-state index contributed by atoms with van der Waals surface area (Å²) in [5, 5.41) is 3.05. The number of fused-ring (bicyclic) bond motifs is 1. The smallest absolute Gasteiger partial charge is 0.223 e. The minimum atomic E-state index is -0.0380. The topological polar surface area (TPSA) is 56.8 Å². The molecule has 1 aliphatic carbocycles. The van der Waals surface area contributed by atoms with Gasteiger partial charge in [0.25, 0.3) is 0 Å². The van der Waals surface area contributed by atoms with Crippen LogP contribution in [-0.2, 0) is 19.0 Å². The van der Waals surface area contributed by atoms with Crippen molar-refractivity contribution in [3.05, 3.63) is 0 Å². The first kappa shape index (κ1) is 11.4. The zero-order valence-corrected chi connectivity index (χ0v) is 10.1. The van der Waals surface area contributed by atoms with Gasteiger partial charge in [-0.3, -0.25) is 4.79 Å². The molecule has 1 amide bonds.